The summed E-state index contributed by atoms with van der Waals surface area (Å²) in [5.41, 5.74) is 7.03. The van der Waals surface area contributed by atoms with Crippen LogP contribution in [0.25, 0.3) is 10.9 Å². The van der Waals surface area contributed by atoms with Gasteiger partial charge in [-0.05, 0) is 31.0 Å². The minimum atomic E-state index is -0.258. The molecule has 0 aliphatic heterocycles. The smallest absolute Gasteiger partial charge is 0.262 e. The third-order valence-electron chi connectivity index (χ3n) is 4.57. The third kappa shape index (κ3) is 4.00. The van der Waals surface area contributed by atoms with Gasteiger partial charge in [-0.3, -0.25) is 25.0 Å². The summed E-state index contributed by atoms with van der Waals surface area (Å²) >= 11 is 0. The van der Waals surface area contributed by atoms with Gasteiger partial charge in [0.15, 0.2) is 0 Å². The Bertz CT molecular complexity index is 982. The highest BCUT2D eigenvalue weighted by Crippen LogP contribution is 2.21. The molecule has 0 radical (unpaired) electrons. The number of carbonyl (C=O) groups excluding carboxylic acids is 1. The number of anilines is 1. The Morgan fingerprint density at radius 3 is 2.48 bits per heavy atom. The maximum absolute atomic E-state index is 12.8. The van der Waals surface area contributed by atoms with Crippen molar-refractivity contribution in [2.75, 3.05) is 5.43 Å². The van der Waals surface area contributed by atoms with Crippen LogP contribution in [0.3, 0.4) is 0 Å². The number of nitrogens with zero attached hydrogens (tertiary/aromatic N) is 2. The molecule has 6 heteroatoms. The first-order chi connectivity index (χ1) is 13.2. The Kier molecular flexibility index (Phi) is 5.86. The second-order valence-corrected chi connectivity index (χ2v) is 6.37. The standard InChI is InChI=1S/C21H24N4O2/c1-3-10-16(15-11-6-5-7-12-15)19(26)23-24-21-22-18-14-9-8-13-17(18)20(27)25(21)4-2/h5-9,11-14,16H,3-4,10H2,1-2H3,(H,22,24)(H,23,26)/t16-/m1/s1. The van der Waals surface area contributed by atoms with E-state index in [1.807, 2.05) is 49.4 Å². The molecule has 0 spiro atoms. The fourth-order valence-corrected chi connectivity index (χ4v) is 3.18. The molecule has 27 heavy (non-hydrogen) atoms. The molecule has 0 saturated heterocycles. The Morgan fingerprint density at radius 1 is 1.07 bits per heavy atom. The lowest BCUT2D eigenvalue weighted by atomic mass is 9.94. The van der Waals surface area contributed by atoms with Crippen molar-refractivity contribution in [1.29, 1.82) is 0 Å². The minimum Gasteiger partial charge on any atom is -0.277 e. The first-order valence-corrected chi connectivity index (χ1v) is 9.26. The molecule has 1 amide bonds. The predicted molar refractivity (Wildman–Crippen MR) is 108 cm³/mol. The van der Waals surface area contributed by atoms with E-state index in [4.69, 9.17) is 0 Å². The zero-order chi connectivity index (χ0) is 19.2. The summed E-state index contributed by atoms with van der Waals surface area (Å²) in [6.07, 6.45) is 1.63. The van der Waals surface area contributed by atoms with Crippen molar-refractivity contribution in [3.8, 4) is 0 Å². The Labute approximate surface area is 158 Å². The van der Waals surface area contributed by atoms with Gasteiger partial charge < -0.3 is 0 Å². The zero-order valence-corrected chi connectivity index (χ0v) is 15.6. The number of fused-ring (bicyclic) bond motifs is 1. The average Bonchev–Trinajstić information content (AvgIpc) is 2.71. The van der Waals surface area contributed by atoms with Crippen LogP contribution in [0, 0.1) is 0 Å². The van der Waals surface area contributed by atoms with Gasteiger partial charge in [-0.15, -0.1) is 0 Å². The molecule has 0 aliphatic carbocycles. The van der Waals surface area contributed by atoms with Crippen LogP contribution in [-0.2, 0) is 11.3 Å². The van der Waals surface area contributed by atoms with Crippen LogP contribution < -0.4 is 16.4 Å². The van der Waals surface area contributed by atoms with Gasteiger partial charge in [0.05, 0.1) is 16.8 Å². The van der Waals surface area contributed by atoms with E-state index in [0.29, 0.717) is 23.4 Å². The molecule has 3 rings (SSSR count). The van der Waals surface area contributed by atoms with Gasteiger partial charge in [0.1, 0.15) is 0 Å². The second-order valence-electron chi connectivity index (χ2n) is 6.37. The van der Waals surface area contributed by atoms with Crippen molar-refractivity contribution in [3.63, 3.8) is 0 Å². The first-order valence-electron chi connectivity index (χ1n) is 9.26. The van der Waals surface area contributed by atoms with Crippen molar-refractivity contribution in [2.45, 2.75) is 39.2 Å². The molecule has 2 N–H and O–H groups in total. The summed E-state index contributed by atoms with van der Waals surface area (Å²) in [6, 6.07) is 16.9. The summed E-state index contributed by atoms with van der Waals surface area (Å²) in [6.45, 7) is 4.37. The van der Waals surface area contributed by atoms with Crippen LogP contribution >= 0.6 is 0 Å². The zero-order valence-electron chi connectivity index (χ0n) is 15.6. The van der Waals surface area contributed by atoms with Crippen LogP contribution in [0.5, 0.6) is 0 Å². The van der Waals surface area contributed by atoms with Crippen LogP contribution in [0.2, 0.25) is 0 Å². The molecular formula is C21H24N4O2. The number of carbonyl (C=O) groups is 1. The highest BCUT2D eigenvalue weighted by atomic mass is 16.2. The summed E-state index contributed by atoms with van der Waals surface area (Å²) in [7, 11) is 0. The lowest BCUT2D eigenvalue weighted by Gasteiger charge is -2.18. The maximum atomic E-state index is 12.8. The average molecular weight is 364 g/mol. The van der Waals surface area contributed by atoms with Gasteiger partial charge in [-0.25, -0.2) is 4.98 Å². The Morgan fingerprint density at radius 2 is 1.78 bits per heavy atom. The molecule has 140 valence electrons. The molecule has 2 aromatic carbocycles. The highest BCUT2D eigenvalue weighted by Gasteiger charge is 2.20. The number of amides is 1. The molecule has 0 saturated carbocycles. The van der Waals surface area contributed by atoms with Crippen molar-refractivity contribution in [1.82, 2.24) is 15.0 Å². The quantitative estimate of drug-likeness (QED) is 0.630. The Hall–Kier alpha value is -3.15. The lowest BCUT2D eigenvalue weighted by Crippen LogP contribution is -2.37. The van der Waals surface area contributed by atoms with E-state index in [2.05, 4.69) is 22.8 Å². The number of hydrogen-bond acceptors (Lipinski definition) is 4. The molecule has 6 nitrogen and oxygen atoms in total. The molecule has 0 aliphatic rings. The number of para-hydroxylation sites is 1. The number of hydrazine groups is 1. The van der Waals surface area contributed by atoms with Gasteiger partial charge in [0.25, 0.3) is 5.56 Å². The fraction of sp³-hybridized carbons (Fsp3) is 0.286. The monoisotopic (exact) mass is 364 g/mol. The summed E-state index contributed by atoms with van der Waals surface area (Å²) < 4.78 is 1.51. The molecule has 1 atom stereocenters. The van der Waals surface area contributed by atoms with E-state index in [-0.39, 0.29) is 17.4 Å². The molecule has 0 fully saturated rings. The number of aromatic nitrogens is 2. The summed E-state index contributed by atoms with van der Waals surface area (Å²) in [5, 5.41) is 0.560. The van der Waals surface area contributed by atoms with E-state index >= 15 is 0 Å². The maximum Gasteiger partial charge on any atom is 0.262 e. The van der Waals surface area contributed by atoms with Gasteiger partial charge in [-0.1, -0.05) is 55.8 Å². The van der Waals surface area contributed by atoms with Crippen molar-refractivity contribution in [3.05, 3.63) is 70.5 Å². The topological polar surface area (TPSA) is 76.0 Å². The molecular weight excluding hydrogens is 340 g/mol. The van der Waals surface area contributed by atoms with Crippen molar-refractivity contribution in [2.24, 2.45) is 0 Å². The SMILES string of the molecule is CCC[C@@H](C(=O)NNc1nc2ccccc2c(=O)n1CC)c1ccccc1. The molecule has 0 unspecified atom stereocenters. The van der Waals surface area contributed by atoms with E-state index in [0.717, 1.165) is 18.4 Å². The Balaban J connectivity index is 1.85. The molecule has 0 bridgehead atoms. The number of hydrogen-bond donors (Lipinski definition) is 2. The number of rotatable bonds is 7. The number of benzene rings is 2. The largest absolute Gasteiger partial charge is 0.277 e. The third-order valence-corrected chi connectivity index (χ3v) is 4.57. The van der Waals surface area contributed by atoms with Gasteiger partial charge in [0.2, 0.25) is 11.9 Å². The highest BCUT2D eigenvalue weighted by molar-refractivity contribution is 5.84. The second kappa shape index (κ2) is 8.49. The summed E-state index contributed by atoms with van der Waals surface area (Å²) in [4.78, 5) is 29.9. The van der Waals surface area contributed by atoms with Gasteiger partial charge in [-0.2, -0.15) is 0 Å². The van der Waals surface area contributed by atoms with E-state index in [9.17, 15) is 9.59 Å². The van der Waals surface area contributed by atoms with Crippen molar-refractivity contribution >= 4 is 22.8 Å². The molecule has 1 heterocycles. The van der Waals surface area contributed by atoms with Gasteiger partial charge in [0, 0.05) is 6.54 Å². The van der Waals surface area contributed by atoms with E-state index in [1.54, 1.807) is 12.1 Å². The van der Waals surface area contributed by atoms with E-state index < -0.39 is 0 Å². The predicted octanol–water partition coefficient (Wildman–Crippen LogP) is 3.44. The molecule has 3 aromatic rings. The van der Waals surface area contributed by atoms with Crippen LogP contribution in [0.4, 0.5) is 5.95 Å². The van der Waals surface area contributed by atoms with Gasteiger partial charge >= 0.3 is 0 Å². The number of nitrogens with one attached hydrogen (secondary N) is 2. The summed E-state index contributed by atoms with van der Waals surface area (Å²) in [5.74, 6) is -0.0723. The first kappa shape index (κ1) is 18.6. The normalized spacial score (nSPS) is 11.9. The molecule has 1 aromatic heterocycles. The van der Waals surface area contributed by atoms with Crippen LogP contribution in [-0.4, -0.2) is 15.5 Å². The minimum absolute atomic E-state index is 0.131. The van der Waals surface area contributed by atoms with Crippen LogP contribution in [0.1, 0.15) is 38.2 Å². The van der Waals surface area contributed by atoms with Crippen molar-refractivity contribution < 1.29 is 4.79 Å². The van der Waals surface area contributed by atoms with E-state index in [1.165, 1.54) is 4.57 Å². The fourth-order valence-electron chi connectivity index (χ4n) is 3.18. The lowest BCUT2D eigenvalue weighted by molar-refractivity contribution is -0.122. The van der Waals surface area contributed by atoms with Crippen LogP contribution in [0.15, 0.2) is 59.4 Å².